The van der Waals surface area contributed by atoms with Crippen molar-refractivity contribution >= 4 is 38.5 Å². The monoisotopic (exact) mass is 339 g/mol. The van der Waals surface area contributed by atoms with Gasteiger partial charge in [-0.3, -0.25) is 4.79 Å². The van der Waals surface area contributed by atoms with E-state index in [1.54, 1.807) is 18.2 Å². The quantitative estimate of drug-likeness (QED) is 0.809. The van der Waals surface area contributed by atoms with Crippen molar-refractivity contribution in [1.82, 2.24) is 4.72 Å². The van der Waals surface area contributed by atoms with E-state index in [0.29, 0.717) is 11.1 Å². The van der Waals surface area contributed by atoms with Crippen LogP contribution in [0, 0.1) is 0 Å². The van der Waals surface area contributed by atoms with E-state index < -0.39 is 22.0 Å². The van der Waals surface area contributed by atoms with Crippen molar-refractivity contribution in [2.24, 2.45) is 0 Å². The van der Waals surface area contributed by atoms with Crippen molar-refractivity contribution in [2.75, 3.05) is 12.0 Å². The fourth-order valence-corrected chi connectivity index (χ4v) is 4.07. The van der Waals surface area contributed by atoms with Crippen LogP contribution in [-0.2, 0) is 14.8 Å². The minimum atomic E-state index is -3.90. The maximum Gasteiger partial charge on any atom is 0.321 e. The van der Waals surface area contributed by atoms with Gasteiger partial charge in [0.25, 0.3) is 0 Å². The van der Waals surface area contributed by atoms with Gasteiger partial charge in [-0.05, 0) is 29.9 Å². The van der Waals surface area contributed by atoms with Crippen LogP contribution in [0.15, 0.2) is 47.4 Å². The predicted octanol–water partition coefficient (Wildman–Crippen LogP) is 2.32. The number of sulfonamides is 1. The number of thioether (sulfide) groups is 1. The van der Waals surface area contributed by atoms with Crippen LogP contribution >= 0.6 is 11.8 Å². The fourth-order valence-electron chi connectivity index (χ4n) is 2.15. The molecule has 0 bridgehead atoms. The summed E-state index contributed by atoms with van der Waals surface area (Å²) in [6.07, 6.45) is 2.08. The summed E-state index contributed by atoms with van der Waals surface area (Å²) >= 11 is 1.47. The molecule has 2 rings (SSSR count). The number of fused-ring (bicyclic) bond motifs is 1. The Morgan fingerprint density at radius 1 is 1.23 bits per heavy atom. The lowest BCUT2D eigenvalue weighted by molar-refractivity contribution is -0.139. The molecule has 2 aromatic carbocycles. The van der Waals surface area contributed by atoms with Crippen LogP contribution in [0.2, 0.25) is 0 Å². The van der Waals surface area contributed by atoms with Gasteiger partial charge in [0.05, 0.1) is 4.90 Å². The van der Waals surface area contributed by atoms with E-state index in [-0.39, 0.29) is 11.3 Å². The third kappa shape index (κ3) is 3.79. The predicted molar refractivity (Wildman–Crippen MR) is 88.7 cm³/mol. The zero-order valence-corrected chi connectivity index (χ0v) is 13.7. The molecule has 7 heteroatoms. The molecule has 22 heavy (non-hydrogen) atoms. The van der Waals surface area contributed by atoms with E-state index in [9.17, 15) is 18.3 Å². The van der Waals surface area contributed by atoms with Gasteiger partial charge in [-0.25, -0.2) is 8.42 Å². The largest absolute Gasteiger partial charge is 0.480 e. The van der Waals surface area contributed by atoms with Crippen LogP contribution in [0.25, 0.3) is 10.8 Å². The summed E-state index contributed by atoms with van der Waals surface area (Å²) in [5.74, 6) is -0.604. The van der Waals surface area contributed by atoms with E-state index in [1.165, 1.54) is 17.8 Å². The topological polar surface area (TPSA) is 83.5 Å². The molecule has 0 amide bonds. The molecule has 0 heterocycles. The summed E-state index contributed by atoms with van der Waals surface area (Å²) in [4.78, 5) is 11.3. The molecule has 1 atom stereocenters. The Kier molecular flexibility index (Phi) is 5.44. The molecule has 2 aromatic rings. The summed E-state index contributed by atoms with van der Waals surface area (Å²) in [5.41, 5.74) is 0. The lowest BCUT2D eigenvalue weighted by atomic mass is 10.1. The lowest BCUT2D eigenvalue weighted by Gasteiger charge is -2.15. The number of rotatable bonds is 7. The highest BCUT2D eigenvalue weighted by Crippen LogP contribution is 2.23. The summed E-state index contributed by atoms with van der Waals surface area (Å²) < 4.78 is 27.4. The van der Waals surface area contributed by atoms with Crippen LogP contribution in [0.4, 0.5) is 0 Å². The van der Waals surface area contributed by atoms with Gasteiger partial charge in [0.2, 0.25) is 10.0 Å². The number of aliphatic carboxylic acids is 1. The number of carboxylic acid groups (broad SMARTS) is 1. The smallest absolute Gasteiger partial charge is 0.321 e. The molecule has 0 aliphatic carbocycles. The third-order valence-corrected chi connectivity index (χ3v) is 5.42. The molecule has 0 aromatic heterocycles. The van der Waals surface area contributed by atoms with Crippen molar-refractivity contribution in [1.29, 1.82) is 0 Å². The van der Waals surface area contributed by atoms with Gasteiger partial charge in [-0.2, -0.15) is 16.5 Å². The van der Waals surface area contributed by atoms with E-state index in [4.69, 9.17) is 0 Å². The third-order valence-electron chi connectivity index (χ3n) is 3.25. The van der Waals surface area contributed by atoms with E-state index in [0.717, 1.165) is 5.39 Å². The number of carboxylic acids is 1. The molecule has 0 radical (unpaired) electrons. The fraction of sp³-hybridized carbons (Fsp3) is 0.267. The first-order valence-electron chi connectivity index (χ1n) is 6.67. The van der Waals surface area contributed by atoms with Crippen molar-refractivity contribution in [3.63, 3.8) is 0 Å². The highest BCUT2D eigenvalue weighted by atomic mass is 32.2. The lowest BCUT2D eigenvalue weighted by Crippen LogP contribution is -2.41. The SMILES string of the molecule is CSCCC(NS(=O)(=O)c1cccc2ccccc12)C(=O)O. The second-order valence-corrected chi connectivity index (χ2v) is 7.44. The second kappa shape index (κ2) is 7.13. The Labute approximate surface area is 133 Å². The zero-order chi connectivity index (χ0) is 16.2. The number of hydrogen-bond acceptors (Lipinski definition) is 4. The molecule has 0 saturated heterocycles. The van der Waals surface area contributed by atoms with Gasteiger partial charge in [-0.1, -0.05) is 36.4 Å². The van der Waals surface area contributed by atoms with Crippen LogP contribution in [-0.4, -0.2) is 37.5 Å². The normalized spacial score (nSPS) is 13.1. The standard InChI is InChI=1S/C15H17NO4S2/c1-21-10-9-13(15(17)18)16-22(19,20)14-8-4-6-11-5-2-3-7-12(11)14/h2-8,13,16H,9-10H2,1H3,(H,17,18). The molecule has 0 fully saturated rings. The van der Waals surface area contributed by atoms with Crippen molar-refractivity contribution in [3.8, 4) is 0 Å². The van der Waals surface area contributed by atoms with Gasteiger partial charge in [0.1, 0.15) is 6.04 Å². The molecule has 0 aliphatic heterocycles. The average Bonchev–Trinajstić information content (AvgIpc) is 2.50. The van der Waals surface area contributed by atoms with Crippen molar-refractivity contribution in [2.45, 2.75) is 17.4 Å². The molecule has 5 nitrogen and oxygen atoms in total. The van der Waals surface area contributed by atoms with Crippen LogP contribution in [0.1, 0.15) is 6.42 Å². The maximum absolute atomic E-state index is 12.5. The summed E-state index contributed by atoms with van der Waals surface area (Å²) in [6, 6.07) is 10.9. The number of carbonyl (C=O) groups is 1. The van der Waals surface area contributed by atoms with Crippen molar-refractivity contribution < 1.29 is 18.3 Å². The molecule has 0 aliphatic rings. The molecular formula is C15H17NO4S2. The molecular weight excluding hydrogens is 322 g/mol. The molecule has 118 valence electrons. The first kappa shape index (κ1) is 16.8. The first-order valence-corrected chi connectivity index (χ1v) is 9.55. The average molecular weight is 339 g/mol. The Bertz CT molecular complexity index is 769. The van der Waals surface area contributed by atoms with Crippen molar-refractivity contribution in [3.05, 3.63) is 42.5 Å². The Morgan fingerprint density at radius 2 is 1.91 bits per heavy atom. The van der Waals surface area contributed by atoms with Gasteiger partial charge in [0, 0.05) is 5.39 Å². The number of benzene rings is 2. The molecule has 0 spiro atoms. The number of hydrogen-bond donors (Lipinski definition) is 2. The minimum Gasteiger partial charge on any atom is -0.480 e. The van der Waals surface area contributed by atoms with Crippen LogP contribution in [0.5, 0.6) is 0 Å². The first-order chi connectivity index (χ1) is 10.5. The number of nitrogens with one attached hydrogen (secondary N) is 1. The zero-order valence-electron chi connectivity index (χ0n) is 12.0. The summed E-state index contributed by atoms with van der Waals surface area (Å²) in [7, 11) is -3.90. The van der Waals surface area contributed by atoms with E-state index in [2.05, 4.69) is 4.72 Å². The van der Waals surface area contributed by atoms with E-state index >= 15 is 0 Å². The van der Waals surface area contributed by atoms with Gasteiger partial charge >= 0.3 is 5.97 Å². The highest BCUT2D eigenvalue weighted by Gasteiger charge is 2.26. The molecule has 1 unspecified atom stereocenters. The molecule has 2 N–H and O–H groups in total. The highest BCUT2D eigenvalue weighted by molar-refractivity contribution is 7.98. The Balaban J connectivity index is 2.38. The van der Waals surface area contributed by atoms with Gasteiger partial charge in [-0.15, -0.1) is 0 Å². The van der Waals surface area contributed by atoms with Crippen LogP contribution < -0.4 is 4.72 Å². The Hall–Kier alpha value is -1.57. The van der Waals surface area contributed by atoms with Crippen LogP contribution in [0.3, 0.4) is 0 Å². The minimum absolute atomic E-state index is 0.0981. The maximum atomic E-state index is 12.5. The van der Waals surface area contributed by atoms with E-state index in [1.807, 2.05) is 24.5 Å². The Morgan fingerprint density at radius 3 is 2.59 bits per heavy atom. The van der Waals surface area contributed by atoms with Gasteiger partial charge in [0.15, 0.2) is 0 Å². The summed E-state index contributed by atoms with van der Waals surface area (Å²) in [6.45, 7) is 0. The molecule has 0 saturated carbocycles. The second-order valence-electron chi connectivity index (χ2n) is 4.77. The van der Waals surface area contributed by atoms with Gasteiger partial charge < -0.3 is 5.11 Å². The summed E-state index contributed by atoms with van der Waals surface area (Å²) in [5, 5.41) is 10.6.